The van der Waals surface area contributed by atoms with Gasteiger partial charge in [-0.25, -0.2) is 4.79 Å². The molecule has 0 aliphatic rings. The molecule has 15 heteroatoms. The van der Waals surface area contributed by atoms with E-state index in [1.54, 1.807) is 44.2 Å². The van der Waals surface area contributed by atoms with E-state index in [1.807, 2.05) is 56.3 Å². The van der Waals surface area contributed by atoms with Crippen LogP contribution in [0.25, 0.3) is 10.8 Å². The number of rotatable bonds is 22. The highest BCUT2D eigenvalue weighted by atomic mass is 16.4. The van der Waals surface area contributed by atoms with E-state index in [4.69, 9.17) is 0 Å². The predicted molar refractivity (Wildman–Crippen MR) is 213 cm³/mol. The fourth-order valence-corrected chi connectivity index (χ4v) is 6.32. The van der Waals surface area contributed by atoms with Crippen LogP contribution in [0.15, 0.2) is 72.8 Å². The molecule has 6 atom stereocenters. The van der Waals surface area contributed by atoms with E-state index in [9.17, 15) is 48.9 Å². The highest BCUT2D eigenvalue weighted by Gasteiger charge is 2.32. The van der Waals surface area contributed by atoms with E-state index in [1.165, 1.54) is 6.92 Å². The Hall–Kier alpha value is -5.83. The van der Waals surface area contributed by atoms with Gasteiger partial charge in [0.25, 0.3) is 0 Å². The standard InChI is InChI=1S/C42H55N5O10/c1-24(2)20-32(44-35(49)22-29-16-11-15-28-14-9-10-17-30(28)29)34(48)23-36(50)47-38(25(3)4)41(55)43-26(5)39(53)45-31(18-19-37(51)52)40(54)46-33(42(56)57)21-27-12-7-6-8-13-27/h6-17,24-26,31-34,38,48H,18-23H2,1-5H3,(H,43,55)(H,44,49)(H,45,53)(H,46,54)(H,47,50)(H,51,52)(H,56,57)/t26-,31-,32?,33-,34+,38-/m1/s1. The molecule has 8 N–H and O–H groups in total. The molecule has 3 aromatic rings. The lowest BCUT2D eigenvalue weighted by molar-refractivity contribution is -0.143. The number of carboxylic acid groups (broad SMARTS) is 2. The number of fused-ring (bicyclic) bond motifs is 1. The second-order valence-corrected chi connectivity index (χ2v) is 15.0. The quantitative estimate of drug-likeness (QED) is 0.0740. The summed E-state index contributed by atoms with van der Waals surface area (Å²) in [5, 5.41) is 44.8. The van der Waals surface area contributed by atoms with Crippen LogP contribution in [0, 0.1) is 11.8 Å². The fourth-order valence-electron chi connectivity index (χ4n) is 6.32. The minimum absolute atomic E-state index is 0.0633. The van der Waals surface area contributed by atoms with Crippen LogP contribution in [0.4, 0.5) is 0 Å². The van der Waals surface area contributed by atoms with E-state index in [-0.39, 0.29) is 31.1 Å². The molecule has 5 amide bonds. The lowest BCUT2D eigenvalue weighted by Crippen LogP contribution is -2.58. The van der Waals surface area contributed by atoms with Gasteiger partial charge >= 0.3 is 11.9 Å². The molecule has 57 heavy (non-hydrogen) atoms. The van der Waals surface area contributed by atoms with Crippen molar-refractivity contribution in [2.75, 3.05) is 0 Å². The number of carbonyl (C=O) groups excluding carboxylic acids is 5. The third-order valence-corrected chi connectivity index (χ3v) is 9.36. The van der Waals surface area contributed by atoms with Crippen molar-refractivity contribution in [3.8, 4) is 0 Å². The van der Waals surface area contributed by atoms with Gasteiger partial charge in [0.15, 0.2) is 0 Å². The largest absolute Gasteiger partial charge is 0.481 e. The van der Waals surface area contributed by atoms with Crippen LogP contribution in [-0.2, 0) is 46.4 Å². The summed E-state index contributed by atoms with van der Waals surface area (Å²) in [6, 6.07) is 15.9. The van der Waals surface area contributed by atoms with Gasteiger partial charge in [-0.15, -0.1) is 0 Å². The lowest BCUT2D eigenvalue weighted by Gasteiger charge is -2.28. The number of aliphatic hydroxyl groups excluding tert-OH is 1. The van der Waals surface area contributed by atoms with Crippen molar-refractivity contribution in [1.29, 1.82) is 0 Å². The van der Waals surface area contributed by atoms with E-state index < -0.39 is 90.6 Å². The summed E-state index contributed by atoms with van der Waals surface area (Å²) in [4.78, 5) is 89.5. The van der Waals surface area contributed by atoms with Gasteiger partial charge in [0.1, 0.15) is 24.2 Å². The summed E-state index contributed by atoms with van der Waals surface area (Å²) in [6.07, 6.45) is -2.21. The Labute approximate surface area is 332 Å². The van der Waals surface area contributed by atoms with Crippen LogP contribution in [0.1, 0.15) is 71.4 Å². The zero-order valence-electron chi connectivity index (χ0n) is 33.0. The number of carboxylic acids is 2. The van der Waals surface area contributed by atoms with Crippen LogP contribution in [0.3, 0.4) is 0 Å². The summed E-state index contributed by atoms with van der Waals surface area (Å²) >= 11 is 0. The number of nitrogens with one attached hydrogen (secondary N) is 5. The maximum absolute atomic E-state index is 13.4. The molecule has 3 rings (SSSR count). The van der Waals surface area contributed by atoms with Crippen LogP contribution >= 0.6 is 0 Å². The predicted octanol–water partition coefficient (Wildman–Crippen LogP) is 2.47. The van der Waals surface area contributed by atoms with E-state index >= 15 is 0 Å². The first-order valence-electron chi connectivity index (χ1n) is 19.1. The highest BCUT2D eigenvalue weighted by molar-refractivity contribution is 5.95. The third-order valence-electron chi connectivity index (χ3n) is 9.36. The summed E-state index contributed by atoms with van der Waals surface area (Å²) in [6.45, 7) is 8.51. The fraction of sp³-hybridized carbons (Fsp3) is 0.452. The van der Waals surface area contributed by atoms with Gasteiger partial charge in [-0.2, -0.15) is 0 Å². The number of benzene rings is 3. The summed E-state index contributed by atoms with van der Waals surface area (Å²) in [7, 11) is 0. The van der Waals surface area contributed by atoms with Crippen molar-refractivity contribution in [2.45, 2.75) is 109 Å². The second kappa shape index (κ2) is 22.0. The van der Waals surface area contributed by atoms with E-state index in [2.05, 4.69) is 26.6 Å². The van der Waals surface area contributed by atoms with Crippen molar-refractivity contribution in [3.63, 3.8) is 0 Å². The van der Waals surface area contributed by atoms with Crippen LogP contribution < -0.4 is 26.6 Å². The normalized spacial score (nSPS) is 14.4. The van der Waals surface area contributed by atoms with Gasteiger partial charge in [-0.05, 0) is 53.5 Å². The van der Waals surface area contributed by atoms with Crippen LogP contribution in [0.5, 0.6) is 0 Å². The molecule has 0 saturated heterocycles. The molecule has 0 bridgehead atoms. The Bertz CT molecular complexity index is 1860. The number of amides is 5. The topological polar surface area (TPSA) is 240 Å². The number of aliphatic hydroxyl groups is 1. The molecule has 0 radical (unpaired) electrons. The van der Waals surface area contributed by atoms with Gasteiger partial charge in [0, 0.05) is 12.8 Å². The van der Waals surface area contributed by atoms with Crippen LogP contribution in [0.2, 0.25) is 0 Å². The molecule has 0 aromatic heterocycles. The molecule has 308 valence electrons. The van der Waals surface area contributed by atoms with Crippen LogP contribution in [-0.4, -0.2) is 93.1 Å². The van der Waals surface area contributed by atoms with Gasteiger partial charge in [-0.3, -0.25) is 28.8 Å². The van der Waals surface area contributed by atoms with E-state index in [0.717, 1.165) is 16.3 Å². The van der Waals surface area contributed by atoms with Crippen molar-refractivity contribution >= 4 is 52.2 Å². The summed E-state index contributed by atoms with van der Waals surface area (Å²) in [5.41, 5.74) is 1.45. The molecule has 0 aliphatic heterocycles. The minimum atomic E-state index is -1.45. The average molecular weight is 790 g/mol. The molecule has 0 spiro atoms. The molecule has 0 saturated carbocycles. The van der Waals surface area contributed by atoms with Gasteiger partial charge in [0.2, 0.25) is 29.5 Å². The second-order valence-electron chi connectivity index (χ2n) is 15.0. The molecule has 1 unspecified atom stereocenters. The minimum Gasteiger partial charge on any atom is -0.481 e. The first kappa shape index (κ1) is 45.6. The first-order chi connectivity index (χ1) is 26.9. The molecule has 0 heterocycles. The smallest absolute Gasteiger partial charge is 0.326 e. The monoisotopic (exact) mass is 789 g/mol. The van der Waals surface area contributed by atoms with Gasteiger partial charge in [0.05, 0.1) is 25.0 Å². The Balaban J connectivity index is 1.62. The van der Waals surface area contributed by atoms with Crippen molar-refractivity contribution < 1.29 is 48.9 Å². The Morgan fingerprint density at radius 3 is 1.91 bits per heavy atom. The van der Waals surface area contributed by atoms with E-state index in [0.29, 0.717) is 12.0 Å². The maximum atomic E-state index is 13.4. The lowest BCUT2D eigenvalue weighted by atomic mass is 9.95. The Kier molecular flexibility index (Phi) is 17.6. The first-order valence-corrected chi connectivity index (χ1v) is 19.1. The third kappa shape index (κ3) is 15.0. The van der Waals surface area contributed by atoms with Crippen molar-refractivity contribution in [1.82, 2.24) is 26.6 Å². The maximum Gasteiger partial charge on any atom is 0.326 e. The molecular formula is C42H55N5O10. The van der Waals surface area contributed by atoms with Crippen molar-refractivity contribution in [3.05, 3.63) is 83.9 Å². The Morgan fingerprint density at radius 1 is 0.649 bits per heavy atom. The summed E-state index contributed by atoms with van der Waals surface area (Å²) in [5.74, 6) is -6.49. The molecular weight excluding hydrogens is 734 g/mol. The van der Waals surface area contributed by atoms with Gasteiger partial charge in [-0.1, -0.05) is 100 Å². The molecule has 15 nitrogen and oxygen atoms in total. The highest BCUT2D eigenvalue weighted by Crippen LogP contribution is 2.20. The number of aliphatic carboxylic acids is 2. The average Bonchev–Trinajstić information content (AvgIpc) is 3.14. The molecule has 0 aliphatic carbocycles. The number of carbonyl (C=O) groups is 7. The number of hydrogen-bond donors (Lipinski definition) is 8. The number of hydrogen-bond acceptors (Lipinski definition) is 8. The molecule has 3 aromatic carbocycles. The summed E-state index contributed by atoms with van der Waals surface area (Å²) < 4.78 is 0. The zero-order valence-corrected chi connectivity index (χ0v) is 33.0. The zero-order chi connectivity index (χ0) is 42.2. The van der Waals surface area contributed by atoms with Crippen molar-refractivity contribution in [2.24, 2.45) is 11.8 Å². The SMILES string of the molecule is CC(C)CC(NC(=O)Cc1cccc2ccccc12)[C@@H](O)CC(=O)N[C@@H](C(=O)N[C@H](C)C(=O)N[C@H](CCC(=O)O)C(=O)N[C@H](Cc1ccccc1)C(=O)O)C(C)C. The van der Waals surface area contributed by atoms with Gasteiger partial charge < -0.3 is 41.9 Å². The Morgan fingerprint density at radius 2 is 1.28 bits per heavy atom. The molecule has 0 fully saturated rings.